The number of nitrogens with zero attached hydrogens (tertiary/aromatic N) is 5. The Bertz CT molecular complexity index is 1590. The summed E-state index contributed by atoms with van der Waals surface area (Å²) < 4.78 is 16.3. The highest BCUT2D eigenvalue weighted by molar-refractivity contribution is 6.30. The number of hydrogen-bond acceptors (Lipinski definition) is 4. The number of amides is 1. The van der Waals surface area contributed by atoms with Gasteiger partial charge in [0.25, 0.3) is 5.91 Å². The quantitative estimate of drug-likeness (QED) is 0.290. The second-order valence-electron chi connectivity index (χ2n) is 9.37. The summed E-state index contributed by atoms with van der Waals surface area (Å²) in [6.45, 7) is 3.57. The number of benzene rings is 3. The standard InChI is InChI=1S/C30H25ClFN5O/c31-23-12-10-22(11-13-23)26-19-29-33-27(24-8-4-5-9-25(24)32)18-28(37(29)34-26)30(38)36-16-14-35(15-17-36)20-21-6-2-1-3-7-21/h1-13,18-19H,14-17,20H2. The lowest BCUT2D eigenvalue weighted by Crippen LogP contribution is -2.48. The van der Waals surface area contributed by atoms with Crippen molar-refractivity contribution in [1.82, 2.24) is 24.4 Å². The molecular formula is C30H25ClFN5O. The van der Waals surface area contributed by atoms with Crippen molar-refractivity contribution in [2.75, 3.05) is 26.2 Å². The smallest absolute Gasteiger partial charge is 0.272 e. The summed E-state index contributed by atoms with van der Waals surface area (Å²) in [5, 5.41) is 5.34. The van der Waals surface area contributed by atoms with Crippen molar-refractivity contribution in [3.8, 4) is 22.5 Å². The SMILES string of the molecule is O=C(c1cc(-c2ccccc2F)nc2cc(-c3ccc(Cl)cc3)nn12)N1CCN(Cc2ccccc2)CC1. The van der Waals surface area contributed by atoms with Gasteiger partial charge in [-0.1, -0.05) is 66.2 Å². The molecule has 2 aromatic heterocycles. The highest BCUT2D eigenvalue weighted by Gasteiger charge is 2.26. The normalized spacial score (nSPS) is 14.2. The van der Waals surface area contributed by atoms with Crippen molar-refractivity contribution >= 4 is 23.2 Å². The van der Waals surface area contributed by atoms with Crippen LogP contribution < -0.4 is 0 Å². The minimum atomic E-state index is -0.394. The zero-order chi connectivity index (χ0) is 26.1. The first-order chi connectivity index (χ1) is 18.5. The van der Waals surface area contributed by atoms with Gasteiger partial charge in [0.2, 0.25) is 0 Å². The molecule has 0 radical (unpaired) electrons. The van der Waals surface area contributed by atoms with Gasteiger partial charge >= 0.3 is 0 Å². The average Bonchev–Trinajstić information content (AvgIpc) is 3.38. The van der Waals surface area contributed by atoms with E-state index in [-0.39, 0.29) is 5.91 Å². The molecule has 6 rings (SSSR count). The molecule has 5 aromatic rings. The fourth-order valence-corrected chi connectivity index (χ4v) is 4.93. The van der Waals surface area contributed by atoms with E-state index in [2.05, 4.69) is 22.0 Å². The highest BCUT2D eigenvalue weighted by atomic mass is 35.5. The predicted octanol–water partition coefficient (Wildman–Crippen LogP) is 5.81. The number of carbonyl (C=O) groups is 1. The van der Waals surface area contributed by atoms with E-state index in [0.29, 0.717) is 46.4 Å². The van der Waals surface area contributed by atoms with E-state index >= 15 is 0 Å². The molecule has 1 fully saturated rings. The molecule has 38 heavy (non-hydrogen) atoms. The van der Waals surface area contributed by atoms with Gasteiger partial charge in [0.05, 0.1) is 11.4 Å². The van der Waals surface area contributed by atoms with Crippen LogP contribution >= 0.6 is 11.6 Å². The minimum Gasteiger partial charge on any atom is -0.335 e. The van der Waals surface area contributed by atoms with E-state index in [4.69, 9.17) is 16.7 Å². The number of piperazine rings is 1. The van der Waals surface area contributed by atoms with Gasteiger partial charge in [-0.15, -0.1) is 0 Å². The van der Waals surface area contributed by atoms with Crippen LogP contribution in [0, 0.1) is 5.82 Å². The van der Waals surface area contributed by atoms with Crippen LogP contribution in [0.15, 0.2) is 91.0 Å². The van der Waals surface area contributed by atoms with Gasteiger partial charge in [-0.2, -0.15) is 5.10 Å². The minimum absolute atomic E-state index is 0.153. The Hall–Kier alpha value is -4.07. The van der Waals surface area contributed by atoms with Crippen molar-refractivity contribution in [2.24, 2.45) is 0 Å². The molecular weight excluding hydrogens is 501 g/mol. The summed E-state index contributed by atoms with van der Waals surface area (Å²) >= 11 is 6.06. The van der Waals surface area contributed by atoms with E-state index in [1.807, 2.05) is 41.3 Å². The molecule has 1 saturated heterocycles. The summed E-state index contributed by atoms with van der Waals surface area (Å²) in [5.74, 6) is -0.546. The first-order valence-electron chi connectivity index (χ1n) is 12.5. The number of rotatable bonds is 5. The maximum Gasteiger partial charge on any atom is 0.272 e. The maximum absolute atomic E-state index is 14.7. The fourth-order valence-electron chi connectivity index (χ4n) is 4.81. The van der Waals surface area contributed by atoms with Crippen LogP contribution in [0.5, 0.6) is 0 Å². The van der Waals surface area contributed by atoms with Crippen LogP contribution in [0.3, 0.4) is 0 Å². The van der Waals surface area contributed by atoms with E-state index in [1.165, 1.54) is 11.6 Å². The molecule has 0 N–H and O–H groups in total. The van der Waals surface area contributed by atoms with Gasteiger partial charge in [-0.05, 0) is 35.9 Å². The molecule has 3 heterocycles. The van der Waals surface area contributed by atoms with Crippen molar-refractivity contribution in [3.05, 3.63) is 113 Å². The molecule has 6 nitrogen and oxygen atoms in total. The average molecular weight is 526 g/mol. The predicted molar refractivity (Wildman–Crippen MR) is 146 cm³/mol. The van der Waals surface area contributed by atoms with E-state index < -0.39 is 5.82 Å². The van der Waals surface area contributed by atoms with Crippen LogP contribution in [0.25, 0.3) is 28.2 Å². The summed E-state index contributed by atoms with van der Waals surface area (Å²) in [6.07, 6.45) is 0. The molecule has 1 amide bonds. The Balaban J connectivity index is 1.34. The van der Waals surface area contributed by atoms with Crippen molar-refractivity contribution < 1.29 is 9.18 Å². The third-order valence-corrected chi connectivity index (χ3v) is 7.10. The van der Waals surface area contributed by atoms with Gasteiger partial charge in [0.1, 0.15) is 11.5 Å². The Morgan fingerprint density at radius 1 is 0.842 bits per heavy atom. The number of fused-ring (bicyclic) bond motifs is 1. The van der Waals surface area contributed by atoms with Gasteiger partial charge in [-0.25, -0.2) is 13.9 Å². The van der Waals surface area contributed by atoms with E-state index in [0.717, 1.165) is 25.2 Å². The van der Waals surface area contributed by atoms with Crippen LogP contribution in [-0.4, -0.2) is 56.5 Å². The van der Waals surface area contributed by atoms with E-state index in [1.54, 1.807) is 40.9 Å². The molecule has 0 spiro atoms. The van der Waals surface area contributed by atoms with Crippen molar-refractivity contribution in [3.63, 3.8) is 0 Å². The van der Waals surface area contributed by atoms with Gasteiger partial charge in [0, 0.05) is 54.9 Å². The van der Waals surface area contributed by atoms with Crippen molar-refractivity contribution in [1.29, 1.82) is 0 Å². The molecule has 0 unspecified atom stereocenters. The Kier molecular flexibility index (Phi) is 6.62. The highest BCUT2D eigenvalue weighted by Crippen LogP contribution is 2.27. The maximum atomic E-state index is 14.7. The molecule has 190 valence electrons. The second kappa shape index (κ2) is 10.4. The lowest BCUT2D eigenvalue weighted by molar-refractivity contribution is 0.0620. The Labute approximate surface area is 224 Å². The number of aromatic nitrogens is 3. The molecule has 0 bridgehead atoms. The number of halogens is 2. The summed E-state index contributed by atoms with van der Waals surface area (Å²) in [7, 11) is 0. The monoisotopic (exact) mass is 525 g/mol. The third-order valence-electron chi connectivity index (χ3n) is 6.84. The zero-order valence-electron chi connectivity index (χ0n) is 20.6. The summed E-state index contributed by atoms with van der Waals surface area (Å²) in [4.78, 5) is 22.7. The van der Waals surface area contributed by atoms with Crippen molar-refractivity contribution in [2.45, 2.75) is 6.54 Å². The third kappa shape index (κ3) is 4.90. The first kappa shape index (κ1) is 24.3. The molecule has 3 aromatic carbocycles. The Morgan fingerprint density at radius 3 is 2.29 bits per heavy atom. The van der Waals surface area contributed by atoms with E-state index in [9.17, 15) is 9.18 Å². The molecule has 8 heteroatoms. The lowest BCUT2D eigenvalue weighted by atomic mass is 10.1. The second-order valence-corrected chi connectivity index (χ2v) is 9.80. The van der Waals surface area contributed by atoms with Crippen LogP contribution in [0.2, 0.25) is 5.02 Å². The summed E-state index contributed by atoms with van der Waals surface area (Å²) in [6, 6.07) is 27.6. The molecule has 0 aliphatic carbocycles. The topological polar surface area (TPSA) is 53.7 Å². The molecule has 0 saturated carbocycles. The first-order valence-corrected chi connectivity index (χ1v) is 12.9. The molecule has 1 aliphatic heterocycles. The largest absolute Gasteiger partial charge is 0.335 e. The summed E-state index contributed by atoms with van der Waals surface area (Å²) in [5.41, 5.74) is 4.31. The fraction of sp³-hybridized carbons (Fsp3) is 0.167. The van der Waals surface area contributed by atoms with Crippen LogP contribution in [0.1, 0.15) is 16.1 Å². The molecule has 1 aliphatic rings. The van der Waals surface area contributed by atoms with Crippen LogP contribution in [-0.2, 0) is 6.54 Å². The van der Waals surface area contributed by atoms with Gasteiger partial charge in [0.15, 0.2) is 5.65 Å². The lowest BCUT2D eigenvalue weighted by Gasteiger charge is -2.34. The van der Waals surface area contributed by atoms with Gasteiger partial charge < -0.3 is 4.90 Å². The van der Waals surface area contributed by atoms with Crippen LogP contribution in [0.4, 0.5) is 4.39 Å². The number of carbonyl (C=O) groups excluding carboxylic acids is 1. The van der Waals surface area contributed by atoms with Gasteiger partial charge in [-0.3, -0.25) is 9.69 Å². The number of hydrogen-bond donors (Lipinski definition) is 0. The Morgan fingerprint density at radius 2 is 1.55 bits per heavy atom. The zero-order valence-corrected chi connectivity index (χ0v) is 21.4. The molecule has 0 atom stereocenters.